The van der Waals surface area contributed by atoms with E-state index in [-0.39, 0.29) is 0 Å². The van der Waals surface area contributed by atoms with Crippen LogP contribution in [0.25, 0.3) is 22.5 Å². The molecule has 1 aromatic carbocycles. The highest BCUT2D eigenvalue weighted by atomic mass is 14.8. The minimum atomic E-state index is 0.858. The smallest absolute Gasteiger partial charge is 0.0886 e. The molecule has 0 unspecified atom stereocenters. The number of hydrogen-bond donors (Lipinski definition) is 0. The molecule has 0 amide bonds. The summed E-state index contributed by atoms with van der Waals surface area (Å²) in [5.74, 6) is 0. The third-order valence-electron chi connectivity index (χ3n) is 2.69. The van der Waals surface area contributed by atoms with Crippen LogP contribution in [0, 0.1) is 0 Å². The third kappa shape index (κ3) is 2.11. The molecule has 0 saturated heterocycles. The Balaban J connectivity index is 2.05. The molecule has 2 aromatic heterocycles. The highest BCUT2D eigenvalue weighted by molar-refractivity contribution is 5.67. The van der Waals surface area contributed by atoms with Crippen molar-refractivity contribution in [2.75, 3.05) is 0 Å². The highest BCUT2D eigenvalue weighted by Gasteiger charge is 2.02. The fraction of sp³-hybridized carbons (Fsp3) is 0. The van der Waals surface area contributed by atoms with E-state index >= 15 is 0 Å². The van der Waals surface area contributed by atoms with Crippen molar-refractivity contribution in [3.63, 3.8) is 0 Å². The summed E-state index contributed by atoms with van der Waals surface area (Å²) >= 11 is 0. The summed E-state index contributed by atoms with van der Waals surface area (Å²) in [6, 6.07) is 14.1. The molecule has 3 heteroatoms. The van der Waals surface area contributed by atoms with Crippen molar-refractivity contribution in [1.82, 2.24) is 15.0 Å². The third-order valence-corrected chi connectivity index (χ3v) is 2.69. The van der Waals surface area contributed by atoms with Crippen molar-refractivity contribution in [3.8, 4) is 22.5 Å². The van der Waals surface area contributed by atoms with Crippen LogP contribution in [0.3, 0.4) is 0 Å². The summed E-state index contributed by atoms with van der Waals surface area (Å²) in [6.07, 6.45) is 6.91. The fourth-order valence-electron chi connectivity index (χ4n) is 1.80. The van der Waals surface area contributed by atoms with Crippen LogP contribution in [0.15, 0.2) is 67.3 Å². The second-order valence-electron chi connectivity index (χ2n) is 3.89. The lowest BCUT2D eigenvalue weighted by atomic mass is 10.1. The molecule has 0 saturated carbocycles. The Hall–Kier alpha value is -2.55. The zero-order valence-electron chi connectivity index (χ0n) is 9.69. The van der Waals surface area contributed by atoms with Gasteiger partial charge >= 0.3 is 0 Å². The number of benzene rings is 1. The van der Waals surface area contributed by atoms with Crippen molar-refractivity contribution in [3.05, 3.63) is 67.3 Å². The zero-order valence-corrected chi connectivity index (χ0v) is 9.69. The standard InChI is InChI=1S/C15H11N3/c1-2-4-12(5-3-1)14-10-13(6-7-17-14)15-11-16-8-9-18-15/h1-11H. The summed E-state index contributed by atoms with van der Waals surface area (Å²) in [6.45, 7) is 0. The maximum atomic E-state index is 4.39. The second kappa shape index (κ2) is 4.75. The first kappa shape index (κ1) is 10.6. The Morgan fingerprint density at radius 2 is 1.50 bits per heavy atom. The molecule has 0 spiro atoms. The predicted molar refractivity (Wildman–Crippen MR) is 70.7 cm³/mol. The molecule has 2 heterocycles. The largest absolute Gasteiger partial charge is 0.261 e. The van der Waals surface area contributed by atoms with Crippen molar-refractivity contribution in [2.24, 2.45) is 0 Å². The average molecular weight is 233 g/mol. The maximum absolute atomic E-state index is 4.39. The number of pyridine rings is 1. The average Bonchev–Trinajstić information content (AvgIpc) is 2.49. The van der Waals surface area contributed by atoms with Gasteiger partial charge in [0.05, 0.1) is 17.6 Å². The fourth-order valence-corrected chi connectivity index (χ4v) is 1.80. The monoisotopic (exact) mass is 233 g/mol. The van der Waals surface area contributed by atoms with Gasteiger partial charge in [0.25, 0.3) is 0 Å². The van der Waals surface area contributed by atoms with Crippen LogP contribution in [0.5, 0.6) is 0 Å². The van der Waals surface area contributed by atoms with Crippen LogP contribution < -0.4 is 0 Å². The number of rotatable bonds is 2. The van der Waals surface area contributed by atoms with Gasteiger partial charge in [0, 0.05) is 29.7 Å². The van der Waals surface area contributed by atoms with E-state index in [1.807, 2.05) is 42.5 Å². The minimum absolute atomic E-state index is 0.858. The molecule has 18 heavy (non-hydrogen) atoms. The van der Waals surface area contributed by atoms with Gasteiger partial charge in [0.1, 0.15) is 0 Å². The van der Waals surface area contributed by atoms with Crippen molar-refractivity contribution < 1.29 is 0 Å². The Morgan fingerprint density at radius 1 is 0.667 bits per heavy atom. The van der Waals surface area contributed by atoms with Gasteiger partial charge < -0.3 is 0 Å². The van der Waals surface area contributed by atoms with E-state index in [0.29, 0.717) is 0 Å². The number of nitrogens with zero attached hydrogens (tertiary/aromatic N) is 3. The number of hydrogen-bond acceptors (Lipinski definition) is 3. The van der Waals surface area contributed by atoms with Gasteiger partial charge in [-0.2, -0.15) is 0 Å². The van der Waals surface area contributed by atoms with Gasteiger partial charge in [-0.05, 0) is 12.1 Å². The molecule has 0 aliphatic carbocycles. The first-order valence-corrected chi connectivity index (χ1v) is 5.71. The summed E-state index contributed by atoms with van der Waals surface area (Å²) in [5, 5.41) is 0. The molecule has 0 N–H and O–H groups in total. The molecule has 86 valence electrons. The molecule has 3 rings (SSSR count). The minimum Gasteiger partial charge on any atom is -0.261 e. The first-order valence-electron chi connectivity index (χ1n) is 5.71. The van der Waals surface area contributed by atoms with Gasteiger partial charge in [-0.15, -0.1) is 0 Å². The van der Waals surface area contributed by atoms with Gasteiger partial charge in [-0.25, -0.2) is 0 Å². The van der Waals surface area contributed by atoms with Crippen LogP contribution in [0.2, 0.25) is 0 Å². The van der Waals surface area contributed by atoms with E-state index in [1.165, 1.54) is 0 Å². The van der Waals surface area contributed by atoms with E-state index < -0.39 is 0 Å². The topological polar surface area (TPSA) is 38.7 Å². The SMILES string of the molecule is c1ccc(-c2cc(-c3cnccn3)ccn2)cc1. The zero-order chi connectivity index (χ0) is 12.2. The Bertz CT molecular complexity index is 581. The quantitative estimate of drug-likeness (QED) is 0.682. The van der Waals surface area contributed by atoms with E-state index in [4.69, 9.17) is 0 Å². The van der Waals surface area contributed by atoms with E-state index in [1.54, 1.807) is 24.8 Å². The lowest BCUT2D eigenvalue weighted by Crippen LogP contribution is -1.87. The van der Waals surface area contributed by atoms with Gasteiger partial charge in [0.15, 0.2) is 0 Å². The summed E-state index contributed by atoms with van der Waals surface area (Å²) < 4.78 is 0. The normalized spacial score (nSPS) is 10.2. The number of aromatic nitrogens is 3. The van der Waals surface area contributed by atoms with Crippen LogP contribution in [-0.2, 0) is 0 Å². The first-order chi connectivity index (χ1) is 8.93. The molecule has 3 aromatic rings. The molecule has 0 aliphatic rings. The summed E-state index contributed by atoms with van der Waals surface area (Å²) in [5.41, 5.74) is 3.93. The predicted octanol–water partition coefficient (Wildman–Crippen LogP) is 3.21. The van der Waals surface area contributed by atoms with E-state index in [9.17, 15) is 0 Å². The highest BCUT2D eigenvalue weighted by Crippen LogP contribution is 2.22. The van der Waals surface area contributed by atoms with Gasteiger partial charge in [-0.3, -0.25) is 15.0 Å². The Morgan fingerprint density at radius 3 is 2.28 bits per heavy atom. The maximum Gasteiger partial charge on any atom is 0.0886 e. The van der Waals surface area contributed by atoms with Crippen LogP contribution in [0.4, 0.5) is 0 Å². The molecule has 0 atom stereocenters. The molecular weight excluding hydrogens is 222 g/mol. The van der Waals surface area contributed by atoms with Gasteiger partial charge in [-0.1, -0.05) is 30.3 Å². The van der Waals surface area contributed by atoms with Gasteiger partial charge in [0.2, 0.25) is 0 Å². The summed E-state index contributed by atoms with van der Waals surface area (Å²) in [4.78, 5) is 12.8. The molecular formula is C15H11N3. The second-order valence-corrected chi connectivity index (χ2v) is 3.89. The lowest BCUT2D eigenvalue weighted by Gasteiger charge is -2.03. The van der Waals surface area contributed by atoms with E-state index in [0.717, 1.165) is 22.5 Å². The summed E-state index contributed by atoms with van der Waals surface area (Å²) in [7, 11) is 0. The van der Waals surface area contributed by atoms with Crippen LogP contribution in [0.1, 0.15) is 0 Å². The van der Waals surface area contributed by atoms with Crippen molar-refractivity contribution in [1.29, 1.82) is 0 Å². The molecule has 3 nitrogen and oxygen atoms in total. The van der Waals surface area contributed by atoms with Crippen LogP contribution in [-0.4, -0.2) is 15.0 Å². The Labute approximate surface area is 105 Å². The molecule has 0 radical (unpaired) electrons. The van der Waals surface area contributed by atoms with E-state index in [2.05, 4.69) is 15.0 Å². The van der Waals surface area contributed by atoms with Crippen molar-refractivity contribution in [2.45, 2.75) is 0 Å². The van der Waals surface area contributed by atoms with Crippen LogP contribution >= 0.6 is 0 Å². The molecule has 0 aliphatic heterocycles. The molecule has 0 bridgehead atoms. The molecule has 0 fully saturated rings. The lowest BCUT2D eigenvalue weighted by molar-refractivity contribution is 1.20. The Kier molecular flexibility index (Phi) is 2.80. The van der Waals surface area contributed by atoms with Crippen molar-refractivity contribution >= 4 is 0 Å².